The molecule has 0 heteroatoms. The van der Waals surface area contributed by atoms with Crippen LogP contribution in [0.5, 0.6) is 0 Å². The fraction of sp³-hybridized carbons (Fsp3) is 0.0629. The zero-order valence-electron chi connectivity index (χ0n) is 82.7. The van der Waals surface area contributed by atoms with Gasteiger partial charge in [-0.15, -0.1) is 0 Å². The van der Waals surface area contributed by atoms with Crippen molar-refractivity contribution in [1.82, 2.24) is 0 Å². The lowest BCUT2D eigenvalue weighted by molar-refractivity contribution is 1.51. The Morgan fingerprint density at radius 1 is 0.0979 bits per heavy atom. The lowest BCUT2D eigenvalue weighted by Crippen LogP contribution is -1.85. The summed E-state index contributed by atoms with van der Waals surface area (Å²) in [6.45, 7) is 19.4. The van der Waals surface area contributed by atoms with Gasteiger partial charge < -0.3 is 0 Å². The average molecular weight is 1830 g/mol. The van der Waals surface area contributed by atoms with Crippen LogP contribution in [0.4, 0.5) is 0 Å². The van der Waals surface area contributed by atoms with E-state index in [4.69, 9.17) is 0 Å². The van der Waals surface area contributed by atoms with E-state index in [-0.39, 0.29) is 0 Å². The van der Waals surface area contributed by atoms with Crippen LogP contribution in [0.1, 0.15) is 50.1 Å². The molecule has 0 amide bonds. The minimum absolute atomic E-state index is 1.27. The minimum Gasteiger partial charge on any atom is -0.0622 e. The maximum absolute atomic E-state index is 2.30. The van der Waals surface area contributed by atoms with Gasteiger partial charge in [-0.3, -0.25) is 0 Å². The van der Waals surface area contributed by atoms with E-state index in [2.05, 4.69) is 590 Å². The van der Waals surface area contributed by atoms with E-state index in [9.17, 15) is 0 Å². The van der Waals surface area contributed by atoms with Crippen LogP contribution in [0.25, 0.3) is 205 Å². The molecular formula is C143H114. The number of aryl methyl sites for hydroxylation is 9. The van der Waals surface area contributed by atoms with Gasteiger partial charge in [0.1, 0.15) is 0 Å². The van der Waals surface area contributed by atoms with Gasteiger partial charge in [0, 0.05) is 0 Å². The van der Waals surface area contributed by atoms with Crippen molar-refractivity contribution in [2.75, 3.05) is 0 Å². The van der Waals surface area contributed by atoms with Gasteiger partial charge in [0.05, 0.1) is 0 Å². The molecule has 0 N–H and O–H groups in total. The molecule has 28 aromatic rings. The van der Waals surface area contributed by atoms with Crippen molar-refractivity contribution in [2.24, 2.45) is 0 Å². The van der Waals surface area contributed by atoms with Crippen molar-refractivity contribution in [3.8, 4) is 22.3 Å². The van der Waals surface area contributed by atoms with Crippen molar-refractivity contribution < 1.29 is 0 Å². The van der Waals surface area contributed by atoms with Gasteiger partial charge in [0.2, 0.25) is 0 Å². The summed E-state index contributed by atoms with van der Waals surface area (Å²) in [5.41, 5.74) is 17.1. The molecule has 0 aromatic heterocycles. The van der Waals surface area contributed by atoms with E-state index in [0.29, 0.717) is 0 Å². The van der Waals surface area contributed by atoms with Crippen LogP contribution in [-0.2, 0) is 0 Å². The fourth-order valence-electron chi connectivity index (χ4n) is 20.7. The van der Waals surface area contributed by atoms with Gasteiger partial charge >= 0.3 is 0 Å². The Morgan fingerprint density at radius 3 is 0.881 bits per heavy atom. The normalized spacial score (nSPS) is 11.0. The highest BCUT2D eigenvalue weighted by molar-refractivity contribution is 6.27. The lowest BCUT2D eigenvalue weighted by atomic mass is 9.92. The number of hydrogen-bond donors (Lipinski definition) is 0. The van der Waals surface area contributed by atoms with E-state index in [1.165, 1.54) is 255 Å². The van der Waals surface area contributed by atoms with E-state index in [1.807, 2.05) is 0 Å². The molecule has 28 aromatic carbocycles. The van der Waals surface area contributed by atoms with Crippen molar-refractivity contribution >= 4 is 183 Å². The highest BCUT2D eigenvalue weighted by Crippen LogP contribution is 2.41. The lowest BCUT2D eigenvalue weighted by Gasteiger charge is -2.11. The third kappa shape index (κ3) is 20.4. The third-order valence-electron chi connectivity index (χ3n) is 28.0. The standard InChI is InChI=1S/C21H16.2C19H14.C17H14.3C15H12.2C11H10/c1-15-7-11-20-18(13-15)8-9-19-14-17(10-12-21(19)20)16-5-3-2-4-6-16;1-13-7-6-12-18-16-9-3-2-8-14(16)15-10-4-5-11-17(15)19(13)18;1-13-10-11-18-16-8-3-2-6-14(16)15-7-4-5-9-17(15)19(18)12-13;1-13-11-12-16(14-7-3-2-4-8-14)17-10-6-5-9-15(13)17;1-11-10-12-6-2-3-8-14(12)15-9-5-4-7-13(11)15;1-11-5-4-8-15-13(11)10-9-12-6-2-3-7-14(12)15;1-11-6-9-15-13(10-11)8-7-12-4-2-3-5-14(12)15;1-9-5-4-7-10-6-2-3-8-11(9)10;1-9-6-7-10-4-2-3-5-11(10)8-9/h2-14H,1H3;2*2-12H,1H3;2-12H,1H3;3*2-10H,1H3;2*2-8H,1H3. The second-order valence-corrected chi connectivity index (χ2v) is 37.7. The second kappa shape index (κ2) is 42.9. The summed E-state index contributed by atoms with van der Waals surface area (Å²) in [5, 5.41) is 45.6. The molecular weight excluding hydrogens is 1720 g/mol. The molecule has 28 rings (SSSR count). The van der Waals surface area contributed by atoms with Crippen LogP contribution in [0.2, 0.25) is 0 Å². The number of hydrogen-bond acceptors (Lipinski definition) is 0. The molecule has 0 aliphatic heterocycles. The van der Waals surface area contributed by atoms with Gasteiger partial charge in [-0.1, -0.05) is 544 Å². The maximum Gasteiger partial charge on any atom is -0.00697 e. The topological polar surface area (TPSA) is 0 Å². The molecule has 0 saturated carbocycles. The first-order valence-corrected chi connectivity index (χ1v) is 49.8. The molecule has 0 aliphatic rings. The molecule has 0 radical (unpaired) electrons. The van der Waals surface area contributed by atoms with Crippen molar-refractivity contribution in [3.63, 3.8) is 0 Å². The first-order valence-electron chi connectivity index (χ1n) is 49.8. The van der Waals surface area contributed by atoms with Crippen molar-refractivity contribution in [2.45, 2.75) is 62.3 Å². The first kappa shape index (κ1) is 93.2. The van der Waals surface area contributed by atoms with Crippen molar-refractivity contribution in [3.05, 3.63) is 578 Å². The van der Waals surface area contributed by atoms with Gasteiger partial charge in [-0.25, -0.2) is 0 Å². The molecule has 0 unspecified atom stereocenters. The average Bonchev–Trinajstić information content (AvgIpc) is 0.736. The Labute approximate surface area is 839 Å². The molecule has 0 aliphatic carbocycles. The molecule has 0 nitrogen and oxygen atoms in total. The SMILES string of the molecule is Cc1cc2ccccc2c2ccccc12.Cc1ccc(-c2ccccc2)c2ccccc12.Cc1ccc2c(ccc3cc(-c4ccccc4)ccc32)c1.Cc1ccc2c(ccc3ccccc32)c1.Cc1ccc2c3ccccc3c3ccccc3c2c1.Cc1ccc2ccccc2c1.Cc1cccc2c1ccc1ccccc12.Cc1cccc2c3ccccc3c3ccccc3c12.Cc1cccc2ccccc12. The smallest absolute Gasteiger partial charge is 0.00697 e. The molecule has 0 spiro atoms. The fourth-order valence-corrected chi connectivity index (χ4v) is 20.7. The van der Waals surface area contributed by atoms with E-state index in [0.717, 1.165) is 0 Å². The van der Waals surface area contributed by atoms with Crippen LogP contribution in [0.15, 0.2) is 528 Å². The summed E-state index contributed by atoms with van der Waals surface area (Å²) < 4.78 is 0. The van der Waals surface area contributed by atoms with Crippen molar-refractivity contribution in [1.29, 1.82) is 0 Å². The molecule has 0 atom stereocenters. The number of benzene rings is 28. The van der Waals surface area contributed by atoms with Gasteiger partial charge in [0.25, 0.3) is 0 Å². The molecule has 0 bridgehead atoms. The van der Waals surface area contributed by atoms with Crippen LogP contribution in [-0.4, -0.2) is 0 Å². The summed E-state index contributed by atoms with van der Waals surface area (Å²) in [6, 6.07) is 188. The van der Waals surface area contributed by atoms with Crippen LogP contribution >= 0.6 is 0 Å². The summed E-state index contributed by atoms with van der Waals surface area (Å²) >= 11 is 0. The molecule has 0 heterocycles. The summed E-state index contributed by atoms with van der Waals surface area (Å²) in [4.78, 5) is 0. The van der Waals surface area contributed by atoms with E-state index < -0.39 is 0 Å². The number of fused-ring (bicyclic) bond motifs is 27. The Hall–Kier alpha value is -17.4. The van der Waals surface area contributed by atoms with E-state index >= 15 is 0 Å². The minimum atomic E-state index is 1.27. The highest BCUT2D eigenvalue weighted by atomic mass is 14.2. The van der Waals surface area contributed by atoms with Gasteiger partial charge in [-0.2, -0.15) is 0 Å². The second-order valence-electron chi connectivity index (χ2n) is 37.7. The quantitative estimate of drug-likeness (QED) is 0.151. The predicted octanol–water partition coefficient (Wildman–Crippen LogP) is 40.9. The summed E-state index contributed by atoms with van der Waals surface area (Å²) in [6.07, 6.45) is 0. The summed E-state index contributed by atoms with van der Waals surface area (Å²) in [5.74, 6) is 0. The predicted molar refractivity (Wildman–Crippen MR) is 629 cm³/mol. The Morgan fingerprint density at radius 2 is 0.357 bits per heavy atom. The molecule has 0 fully saturated rings. The van der Waals surface area contributed by atoms with Crippen LogP contribution in [0.3, 0.4) is 0 Å². The highest BCUT2D eigenvalue weighted by Gasteiger charge is 2.14. The Balaban J connectivity index is 0.0000000989. The molecule has 0 saturated heterocycles. The zero-order valence-corrected chi connectivity index (χ0v) is 82.7. The Kier molecular flexibility index (Phi) is 28.0. The van der Waals surface area contributed by atoms with Gasteiger partial charge in [0.15, 0.2) is 0 Å². The van der Waals surface area contributed by atoms with Gasteiger partial charge in [-0.05, 0) is 302 Å². The van der Waals surface area contributed by atoms with Crippen LogP contribution < -0.4 is 0 Å². The maximum atomic E-state index is 2.30. The summed E-state index contributed by atoms with van der Waals surface area (Å²) in [7, 11) is 0. The third-order valence-corrected chi connectivity index (χ3v) is 28.0. The monoisotopic (exact) mass is 1830 g/mol. The van der Waals surface area contributed by atoms with Crippen LogP contribution in [0, 0.1) is 62.3 Å². The number of rotatable bonds is 2. The first-order chi connectivity index (χ1) is 70.2. The Bertz CT molecular complexity index is 9330. The van der Waals surface area contributed by atoms with E-state index in [1.54, 1.807) is 0 Å². The zero-order chi connectivity index (χ0) is 97.7. The molecule has 143 heavy (non-hydrogen) atoms. The molecule has 686 valence electrons. The largest absolute Gasteiger partial charge is 0.0622 e.